The van der Waals surface area contributed by atoms with Crippen molar-refractivity contribution in [2.24, 2.45) is 0 Å². The van der Waals surface area contributed by atoms with Gasteiger partial charge in [0.2, 0.25) is 0 Å². The van der Waals surface area contributed by atoms with Crippen molar-refractivity contribution in [3.8, 4) is 0 Å². The molecule has 1 rings (SSSR count). The lowest BCUT2D eigenvalue weighted by molar-refractivity contribution is -0.137. The van der Waals surface area contributed by atoms with Gasteiger partial charge in [-0.05, 0) is 23.8 Å². The van der Waals surface area contributed by atoms with Crippen molar-refractivity contribution < 1.29 is 13.2 Å². The summed E-state index contributed by atoms with van der Waals surface area (Å²) in [5.74, 6) is 0. The van der Waals surface area contributed by atoms with Gasteiger partial charge in [-0.25, -0.2) is 0 Å². The van der Waals surface area contributed by atoms with Crippen LogP contribution in [-0.4, -0.2) is 7.85 Å². The highest BCUT2D eigenvalue weighted by Gasteiger charge is 2.30. The zero-order valence-electron chi connectivity index (χ0n) is 6.73. The second-order valence-electron chi connectivity index (χ2n) is 2.62. The van der Waals surface area contributed by atoms with Gasteiger partial charge in [0.05, 0.1) is 13.4 Å². The SMILES string of the molecule is [B]Cc1cc(C(F)(F)F)ccc1N. The standard InChI is InChI=1S/C8H7BF3N/c9-4-5-3-6(8(10,11)12)1-2-7(5)13/h1-3H,4,13H2. The van der Waals surface area contributed by atoms with Crippen molar-refractivity contribution in [1.29, 1.82) is 0 Å². The molecule has 1 aromatic carbocycles. The van der Waals surface area contributed by atoms with Crippen LogP contribution in [0, 0.1) is 0 Å². The molecule has 0 atom stereocenters. The van der Waals surface area contributed by atoms with E-state index < -0.39 is 11.7 Å². The summed E-state index contributed by atoms with van der Waals surface area (Å²) in [6, 6.07) is 3.12. The van der Waals surface area contributed by atoms with Crippen LogP contribution in [0.25, 0.3) is 0 Å². The molecule has 2 N–H and O–H groups in total. The Morgan fingerprint density at radius 3 is 2.38 bits per heavy atom. The molecule has 1 nitrogen and oxygen atoms in total. The molecule has 0 fully saturated rings. The first kappa shape index (κ1) is 9.96. The lowest BCUT2D eigenvalue weighted by Crippen LogP contribution is -2.06. The van der Waals surface area contributed by atoms with Crippen LogP contribution >= 0.6 is 0 Å². The number of nitrogen functional groups attached to an aromatic ring is 1. The second kappa shape index (κ2) is 3.32. The molecule has 5 heteroatoms. The van der Waals surface area contributed by atoms with Crippen LogP contribution in [0.5, 0.6) is 0 Å². The Balaban J connectivity index is 3.14. The molecule has 0 saturated heterocycles. The summed E-state index contributed by atoms with van der Waals surface area (Å²) in [5, 5.41) is 0. The van der Waals surface area contributed by atoms with Crippen molar-refractivity contribution in [3.05, 3.63) is 29.3 Å². The Labute approximate surface area is 75.1 Å². The van der Waals surface area contributed by atoms with E-state index in [1.807, 2.05) is 0 Å². The van der Waals surface area contributed by atoms with Gasteiger partial charge in [-0.15, -0.1) is 0 Å². The van der Waals surface area contributed by atoms with E-state index in [1.165, 1.54) is 6.07 Å². The number of anilines is 1. The molecule has 68 valence electrons. The molecule has 0 aliphatic carbocycles. The average molecular weight is 185 g/mol. The van der Waals surface area contributed by atoms with Gasteiger partial charge in [0.1, 0.15) is 0 Å². The van der Waals surface area contributed by atoms with Crippen LogP contribution in [0.2, 0.25) is 0 Å². The van der Waals surface area contributed by atoms with Gasteiger partial charge in [-0.1, -0.05) is 6.32 Å². The Morgan fingerprint density at radius 2 is 1.92 bits per heavy atom. The van der Waals surface area contributed by atoms with E-state index in [-0.39, 0.29) is 12.0 Å². The minimum atomic E-state index is -4.34. The summed E-state index contributed by atoms with van der Waals surface area (Å²) in [5.41, 5.74) is 5.28. The van der Waals surface area contributed by atoms with Gasteiger partial charge in [0.25, 0.3) is 0 Å². The largest absolute Gasteiger partial charge is 0.416 e. The van der Waals surface area contributed by atoms with E-state index in [4.69, 9.17) is 13.6 Å². The maximum Gasteiger partial charge on any atom is 0.416 e. The van der Waals surface area contributed by atoms with Crippen LogP contribution in [-0.2, 0) is 12.5 Å². The Kier molecular flexibility index (Phi) is 2.54. The van der Waals surface area contributed by atoms with Crippen LogP contribution in [0.3, 0.4) is 0 Å². The smallest absolute Gasteiger partial charge is 0.399 e. The van der Waals surface area contributed by atoms with Gasteiger partial charge in [0, 0.05) is 5.69 Å². The lowest BCUT2D eigenvalue weighted by Gasteiger charge is -2.09. The number of rotatable bonds is 1. The van der Waals surface area contributed by atoms with E-state index >= 15 is 0 Å². The van der Waals surface area contributed by atoms with Crippen molar-refractivity contribution in [2.75, 3.05) is 5.73 Å². The highest BCUT2D eigenvalue weighted by atomic mass is 19.4. The lowest BCUT2D eigenvalue weighted by atomic mass is 9.94. The predicted molar refractivity (Wildman–Crippen MR) is 45.3 cm³/mol. The fraction of sp³-hybridized carbons (Fsp3) is 0.250. The fourth-order valence-corrected chi connectivity index (χ4v) is 0.959. The molecule has 13 heavy (non-hydrogen) atoms. The molecule has 0 bridgehead atoms. The Hall–Kier alpha value is -1.13. The van der Waals surface area contributed by atoms with Crippen LogP contribution in [0.4, 0.5) is 18.9 Å². The molecular formula is C8H7BF3N. The highest BCUT2D eigenvalue weighted by Crippen LogP contribution is 2.30. The molecule has 0 spiro atoms. The monoisotopic (exact) mass is 185 g/mol. The van der Waals surface area contributed by atoms with E-state index in [1.54, 1.807) is 0 Å². The molecule has 0 heterocycles. The number of alkyl halides is 3. The molecular weight excluding hydrogens is 178 g/mol. The molecule has 2 radical (unpaired) electrons. The third-order valence-electron chi connectivity index (χ3n) is 1.69. The molecule has 0 aromatic heterocycles. The van der Waals surface area contributed by atoms with Crippen LogP contribution in [0.15, 0.2) is 18.2 Å². The maximum absolute atomic E-state index is 12.2. The number of nitrogens with two attached hydrogens (primary N) is 1. The van der Waals surface area contributed by atoms with E-state index in [9.17, 15) is 13.2 Å². The molecule has 0 unspecified atom stereocenters. The van der Waals surface area contributed by atoms with Crippen molar-refractivity contribution in [3.63, 3.8) is 0 Å². The average Bonchev–Trinajstić information content (AvgIpc) is 2.03. The molecule has 1 aromatic rings. The van der Waals surface area contributed by atoms with E-state index in [0.717, 1.165) is 12.1 Å². The zero-order valence-corrected chi connectivity index (χ0v) is 6.73. The normalized spacial score (nSPS) is 11.6. The maximum atomic E-state index is 12.2. The van der Waals surface area contributed by atoms with Gasteiger partial charge < -0.3 is 5.73 Å². The summed E-state index contributed by atoms with van der Waals surface area (Å²) in [6.07, 6.45) is -4.33. The van der Waals surface area contributed by atoms with Gasteiger partial charge in [-0.2, -0.15) is 13.2 Å². The van der Waals surface area contributed by atoms with Crippen molar-refractivity contribution in [2.45, 2.75) is 12.5 Å². The summed E-state index contributed by atoms with van der Waals surface area (Å²) >= 11 is 0. The predicted octanol–water partition coefficient (Wildman–Crippen LogP) is 1.96. The third-order valence-corrected chi connectivity index (χ3v) is 1.69. The highest BCUT2D eigenvalue weighted by molar-refractivity contribution is 6.08. The van der Waals surface area contributed by atoms with E-state index in [0.29, 0.717) is 5.56 Å². The van der Waals surface area contributed by atoms with Gasteiger partial charge in [0.15, 0.2) is 0 Å². The quantitative estimate of drug-likeness (QED) is 0.525. The number of hydrogen-bond donors (Lipinski definition) is 1. The Morgan fingerprint density at radius 1 is 1.31 bits per heavy atom. The summed E-state index contributed by atoms with van der Waals surface area (Å²) in [7, 11) is 5.22. The first-order valence-electron chi connectivity index (χ1n) is 3.61. The number of halogens is 3. The third kappa shape index (κ3) is 2.17. The van der Waals surface area contributed by atoms with Gasteiger partial charge >= 0.3 is 6.18 Å². The van der Waals surface area contributed by atoms with Crippen LogP contribution in [0.1, 0.15) is 11.1 Å². The summed E-state index contributed by atoms with van der Waals surface area (Å²) in [6.45, 7) is 0. The van der Waals surface area contributed by atoms with Crippen molar-refractivity contribution >= 4 is 13.5 Å². The Bertz CT molecular complexity index is 309. The molecule has 0 aliphatic heterocycles. The first-order chi connectivity index (χ1) is 5.95. The minimum absolute atomic E-state index is 0.00968. The number of hydrogen-bond acceptors (Lipinski definition) is 1. The van der Waals surface area contributed by atoms with Crippen LogP contribution < -0.4 is 5.73 Å². The minimum Gasteiger partial charge on any atom is -0.399 e. The number of benzene rings is 1. The van der Waals surface area contributed by atoms with Crippen molar-refractivity contribution in [1.82, 2.24) is 0 Å². The topological polar surface area (TPSA) is 26.0 Å². The zero-order chi connectivity index (χ0) is 10.1. The summed E-state index contributed by atoms with van der Waals surface area (Å²) < 4.78 is 36.5. The molecule has 0 saturated carbocycles. The van der Waals surface area contributed by atoms with Gasteiger partial charge in [-0.3, -0.25) is 0 Å². The first-order valence-corrected chi connectivity index (χ1v) is 3.61. The molecule has 0 aliphatic rings. The fourth-order valence-electron chi connectivity index (χ4n) is 0.959. The summed E-state index contributed by atoms with van der Waals surface area (Å²) in [4.78, 5) is 0. The van der Waals surface area contributed by atoms with E-state index in [2.05, 4.69) is 0 Å². The second-order valence-corrected chi connectivity index (χ2v) is 2.62. The molecule has 0 amide bonds.